The molecule has 140 valence electrons. The molecule has 0 aliphatic carbocycles. The van der Waals surface area contributed by atoms with Gasteiger partial charge in [-0.05, 0) is 30.0 Å². The number of nitrogens with zero attached hydrogens (tertiary/aromatic N) is 1. The summed E-state index contributed by atoms with van der Waals surface area (Å²) in [5, 5.41) is 10.6. The van der Waals surface area contributed by atoms with Gasteiger partial charge in [0.15, 0.2) is 0 Å². The lowest BCUT2D eigenvalue weighted by Gasteiger charge is -2.20. The van der Waals surface area contributed by atoms with Crippen molar-refractivity contribution in [3.63, 3.8) is 0 Å². The maximum atomic E-state index is 12.5. The Hall–Kier alpha value is -3.08. The van der Waals surface area contributed by atoms with Crippen LogP contribution >= 0.6 is 0 Å². The zero-order chi connectivity index (χ0) is 19.2. The van der Waals surface area contributed by atoms with Crippen molar-refractivity contribution in [2.75, 3.05) is 13.6 Å². The Labute approximate surface area is 158 Å². The molecule has 1 amide bonds. The Morgan fingerprint density at radius 3 is 2.52 bits per heavy atom. The average Bonchev–Trinajstić information content (AvgIpc) is 3.09. The van der Waals surface area contributed by atoms with Gasteiger partial charge < -0.3 is 15.0 Å². The number of hydrogen-bond acceptors (Lipinski definition) is 2. The van der Waals surface area contributed by atoms with Crippen molar-refractivity contribution >= 4 is 22.8 Å². The Kier molecular flexibility index (Phi) is 5.91. The van der Waals surface area contributed by atoms with E-state index in [0.717, 1.165) is 28.5 Å². The van der Waals surface area contributed by atoms with Gasteiger partial charge in [-0.3, -0.25) is 9.59 Å². The highest BCUT2D eigenvalue weighted by Gasteiger charge is 2.23. The molecule has 27 heavy (non-hydrogen) atoms. The van der Waals surface area contributed by atoms with Crippen molar-refractivity contribution in [1.82, 2.24) is 9.88 Å². The van der Waals surface area contributed by atoms with Crippen LogP contribution in [0.5, 0.6) is 0 Å². The van der Waals surface area contributed by atoms with Gasteiger partial charge in [-0.15, -0.1) is 0 Å². The number of carboxylic acid groups (broad SMARTS) is 1. The number of likely N-dealkylation sites (N-methyl/N-ethyl adjacent to an activating group) is 1. The van der Waals surface area contributed by atoms with Crippen LogP contribution < -0.4 is 0 Å². The largest absolute Gasteiger partial charge is 0.481 e. The summed E-state index contributed by atoms with van der Waals surface area (Å²) >= 11 is 0. The summed E-state index contributed by atoms with van der Waals surface area (Å²) in [6, 6.07) is 17.5. The molecule has 2 N–H and O–H groups in total. The molecule has 3 rings (SSSR count). The van der Waals surface area contributed by atoms with Gasteiger partial charge in [0.2, 0.25) is 5.91 Å². The summed E-state index contributed by atoms with van der Waals surface area (Å²) in [5.41, 5.74) is 3.17. The lowest BCUT2D eigenvalue weighted by Crippen LogP contribution is -2.32. The van der Waals surface area contributed by atoms with E-state index in [4.69, 9.17) is 0 Å². The lowest BCUT2D eigenvalue weighted by atomic mass is 9.95. The number of H-pyrrole nitrogens is 1. The number of amides is 1. The maximum absolute atomic E-state index is 12.5. The number of hydrogen-bond donors (Lipinski definition) is 2. The number of aromatic amines is 1. The normalized spacial score (nSPS) is 12.0. The van der Waals surface area contributed by atoms with E-state index in [1.165, 1.54) is 0 Å². The van der Waals surface area contributed by atoms with Crippen molar-refractivity contribution in [1.29, 1.82) is 0 Å². The molecule has 1 atom stereocenters. The first-order chi connectivity index (χ1) is 13.0. The van der Waals surface area contributed by atoms with Crippen molar-refractivity contribution in [2.24, 2.45) is 5.92 Å². The van der Waals surface area contributed by atoms with Crippen LogP contribution in [-0.2, 0) is 22.4 Å². The number of benzene rings is 2. The fourth-order valence-corrected chi connectivity index (χ4v) is 3.26. The molecule has 1 aromatic heterocycles. The average molecular weight is 364 g/mol. The third-order valence-corrected chi connectivity index (χ3v) is 4.91. The molecule has 3 aromatic rings. The molecule has 1 heterocycles. The summed E-state index contributed by atoms with van der Waals surface area (Å²) in [7, 11) is 1.73. The van der Waals surface area contributed by atoms with E-state index in [9.17, 15) is 14.7 Å². The lowest BCUT2D eigenvalue weighted by molar-refractivity contribution is -0.145. The minimum absolute atomic E-state index is 0.00854. The second kappa shape index (κ2) is 8.54. The van der Waals surface area contributed by atoms with Crippen molar-refractivity contribution in [3.05, 3.63) is 71.9 Å². The smallest absolute Gasteiger partial charge is 0.307 e. The number of para-hydroxylation sites is 1. The SMILES string of the molecule is CN(CCc1c[nH]c2ccccc12)C(=O)C[C@@H](Cc1ccccc1)C(=O)O. The molecule has 5 heteroatoms. The molecular formula is C22H24N2O3. The van der Waals surface area contributed by atoms with E-state index >= 15 is 0 Å². The minimum atomic E-state index is -0.933. The summed E-state index contributed by atoms with van der Waals surface area (Å²) in [4.78, 5) is 29.0. The van der Waals surface area contributed by atoms with Gasteiger partial charge in [-0.2, -0.15) is 0 Å². The van der Waals surface area contributed by atoms with Gasteiger partial charge in [-0.25, -0.2) is 0 Å². The Morgan fingerprint density at radius 2 is 1.78 bits per heavy atom. The first-order valence-electron chi connectivity index (χ1n) is 9.10. The third-order valence-electron chi connectivity index (χ3n) is 4.91. The van der Waals surface area contributed by atoms with Crippen LogP contribution in [0.1, 0.15) is 17.5 Å². The molecule has 0 saturated carbocycles. The molecule has 5 nitrogen and oxygen atoms in total. The Morgan fingerprint density at radius 1 is 1.07 bits per heavy atom. The topological polar surface area (TPSA) is 73.4 Å². The Bertz CT molecular complexity index is 917. The van der Waals surface area contributed by atoms with Crippen LogP contribution in [0.4, 0.5) is 0 Å². The molecule has 2 aromatic carbocycles. The number of carboxylic acids is 1. The van der Waals surface area contributed by atoms with Crippen LogP contribution in [0.2, 0.25) is 0 Å². The van der Waals surface area contributed by atoms with Crippen LogP contribution in [0.25, 0.3) is 10.9 Å². The van der Waals surface area contributed by atoms with Gasteiger partial charge in [0.1, 0.15) is 0 Å². The van der Waals surface area contributed by atoms with Gasteiger partial charge in [0.05, 0.1) is 5.92 Å². The molecule has 0 aliphatic heterocycles. The van der Waals surface area contributed by atoms with E-state index in [1.54, 1.807) is 11.9 Å². The predicted molar refractivity (Wildman–Crippen MR) is 106 cm³/mol. The number of fused-ring (bicyclic) bond motifs is 1. The minimum Gasteiger partial charge on any atom is -0.481 e. The second-order valence-electron chi connectivity index (χ2n) is 6.85. The van der Waals surface area contributed by atoms with Crippen LogP contribution in [-0.4, -0.2) is 40.5 Å². The zero-order valence-corrected chi connectivity index (χ0v) is 15.4. The van der Waals surface area contributed by atoms with Crippen LogP contribution in [0.3, 0.4) is 0 Å². The molecular weight excluding hydrogens is 340 g/mol. The molecule has 0 spiro atoms. The monoisotopic (exact) mass is 364 g/mol. The van der Waals surface area contributed by atoms with Gasteiger partial charge in [0.25, 0.3) is 0 Å². The maximum Gasteiger partial charge on any atom is 0.307 e. The van der Waals surface area contributed by atoms with Gasteiger partial charge in [0, 0.05) is 37.1 Å². The number of carbonyl (C=O) groups is 2. The van der Waals surface area contributed by atoms with Crippen LogP contribution in [0, 0.1) is 5.92 Å². The van der Waals surface area contributed by atoms with Gasteiger partial charge in [-0.1, -0.05) is 48.5 Å². The van der Waals surface area contributed by atoms with E-state index in [1.807, 2.05) is 54.7 Å². The molecule has 0 saturated heterocycles. The van der Waals surface area contributed by atoms with E-state index in [-0.39, 0.29) is 12.3 Å². The van der Waals surface area contributed by atoms with Crippen molar-refractivity contribution in [2.45, 2.75) is 19.3 Å². The molecule has 0 fully saturated rings. The second-order valence-corrected chi connectivity index (χ2v) is 6.85. The summed E-state index contributed by atoms with van der Waals surface area (Å²) in [6.07, 6.45) is 3.06. The molecule has 0 radical (unpaired) electrons. The van der Waals surface area contributed by atoms with Crippen LogP contribution in [0.15, 0.2) is 60.8 Å². The summed E-state index contributed by atoms with van der Waals surface area (Å²) in [6.45, 7) is 0.554. The molecule has 0 bridgehead atoms. The number of aromatic nitrogens is 1. The predicted octanol–water partition coefficient (Wildman–Crippen LogP) is 3.50. The Balaban J connectivity index is 1.58. The first-order valence-corrected chi connectivity index (χ1v) is 9.10. The van der Waals surface area contributed by atoms with E-state index < -0.39 is 11.9 Å². The first kappa shape index (κ1) is 18.7. The fourth-order valence-electron chi connectivity index (χ4n) is 3.26. The highest BCUT2D eigenvalue weighted by Crippen LogP contribution is 2.19. The quantitative estimate of drug-likeness (QED) is 0.642. The van der Waals surface area contributed by atoms with Gasteiger partial charge >= 0.3 is 5.97 Å². The molecule has 0 aliphatic rings. The summed E-state index contributed by atoms with van der Waals surface area (Å²) in [5.74, 6) is -1.79. The van der Waals surface area contributed by atoms with E-state index in [0.29, 0.717) is 13.0 Å². The number of rotatable bonds is 8. The standard InChI is InChI=1S/C22H24N2O3/c1-24(12-11-17-15-23-20-10-6-5-9-19(17)20)21(25)14-18(22(26)27)13-16-7-3-2-4-8-16/h2-10,15,18,23H,11-14H2,1H3,(H,26,27)/t18-/m1/s1. The van der Waals surface area contributed by atoms with Crippen molar-refractivity contribution < 1.29 is 14.7 Å². The highest BCUT2D eigenvalue weighted by molar-refractivity contribution is 5.84. The summed E-state index contributed by atoms with van der Waals surface area (Å²) < 4.78 is 0. The third kappa shape index (κ3) is 4.76. The van der Waals surface area contributed by atoms with E-state index in [2.05, 4.69) is 11.1 Å². The number of carbonyl (C=O) groups excluding carboxylic acids is 1. The number of nitrogens with one attached hydrogen (secondary N) is 1. The van der Waals surface area contributed by atoms with Crippen molar-refractivity contribution in [3.8, 4) is 0 Å². The fraction of sp³-hybridized carbons (Fsp3) is 0.273. The highest BCUT2D eigenvalue weighted by atomic mass is 16.4. The molecule has 0 unspecified atom stereocenters. The zero-order valence-electron chi connectivity index (χ0n) is 15.4. The number of aliphatic carboxylic acids is 1.